The highest BCUT2D eigenvalue weighted by Crippen LogP contribution is 2.31. The smallest absolute Gasteiger partial charge is 0.0548 e. The van der Waals surface area contributed by atoms with Crippen LogP contribution in [0.25, 0.3) is 0 Å². The summed E-state index contributed by atoms with van der Waals surface area (Å²) in [5.74, 6) is 0. The van der Waals surface area contributed by atoms with Crippen LogP contribution in [0.5, 0.6) is 0 Å². The highest BCUT2D eigenvalue weighted by atomic mass is 28.3. The van der Waals surface area contributed by atoms with E-state index in [1.807, 2.05) is 0 Å². The lowest BCUT2D eigenvalue weighted by molar-refractivity contribution is 0.781. The Bertz CT molecular complexity index is 126. The summed E-state index contributed by atoms with van der Waals surface area (Å²) < 4.78 is 0. The minimum atomic E-state index is -0.983. The van der Waals surface area contributed by atoms with Gasteiger partial charge in [0, 0.05) is 0 Å². The molecule has 0 atom stereocenters. The van der Waals surface area contributed by atoms with E-state index in [1.54, 1.807) is 18.1 Å². The average Bonchev–Trinajstić information content (AvgIpc) is 2.31. The van der Waals surface area contributed by atoms with Crippen LogP contribution in [0.1, 0.15) is 59.3 Å². The van der Waals surface area contributed by atoms with Crippen molar-refractivity contribution in [3.8, 4) is 0 Å². The van der Waals surface area contributed by atoms with Crippen molar-refractivity contribution in [2.75, 3.05) is 6.54 Å². The molecule has 0 saturated heterocycles. The molecule has 0 heterocycles. The van der Waals surface area contributed by atoms with Crippen molar-refractivity contribution in [2.45, 2.75) is 83.5 Å². The topological polar surface area (TPSA) is 26.0 Å². The van der Waals surface area contributed by atoms with Crippen molar-refractivity contribution < 1.29 is 0 Å². The molecule has 0 aromatic heterocycles. The molecule has 0 amide bonds. The molecule has 98 valence electrons. The van der Waals surface area contributed by atoms with Crippen LogP contribution in [0.2, 0.25) is 24.2 Å². The second kappa shape index (κ2) is 10.3. The Hall–Kier alpha value is 0.177. The third-order valence-electron chi connectivity index (χ3n) is 3.86. The second-order valence-corrected chi connectivity index (χ2v) is 10.3. The van der Waals surface area contributed by atoms with Gasteiger partial charge in [0.1, 0.15) is 0 Å². The summed E-state index contributed by atoms with van der Waals surface area (Å²) in [5, 5.41) is 0. The number of rotatable bonds is 11. The van der Waals surface area contributed by atoms with Crippen LogP contribution in [0, 0.1) is 0 Å². The zero-order valence-corrected chi connectivity index (χ0v) is 12.9. The normalized spacial score (nSPS) is 12.0. The van der Waals surface area contributed by atoms with Crippen molar-refractivity contribution in [3.05, 3.63) is 0 Å². The molecule has 2 N–H and O–H groups in total. The van der Waals surface area contributed by atoms with Crippen molar-refractivity contribution in [2.24, 2.45) is 5.73 Å². The molecule has 0 saturated carbocycles. The average molecular weight is 244 g/mol. The summed E-state index contributed by atoms with van der Waals surface area (Å²) in [6.45, 7) is 7.90. The molecule has 0 radical (unpaired) electrons. The van der Waals surface area contributed by atoms with E-state index in [1.165, 1.54) is 44.6 Å². The zero-order valence-electron chi connectivity index (χ0n) is 11.9. The van der Waals surface area contributed by atoms with E-state index in [0.29, 0.717) is 0 Å². The molecule has 2 heteroatoms. The van der Waals surface area contributed by atoms with Crippen molar-refractivity contribution >= 4 is 8.07 Å². The Morgan fingerprint density at radius 2 is 1.06 bits per heavy atom. The van der Waals surface area contributed by atoms with E-state index in [2.05, 4.69) is 20.8 Å². The van der Waals surface area contributed by atoms with Crippen LogP contribution in [-0.4, -0.2) is 14.6 Å². The van der Waals surface area contributed by atoms with E-state index < -0.39 is 8.07 Å². The molecular weight excluding hydrogens is 210 g/mol. The lowest BCUT2D eigenvalue weighted by atomic mass is 10.4. The first-order valence-corrected chi connectivity index (χ1v) is 10.3. The minimum Gasteiger partial charge on any atom is -0.331 e. The van der Waals surface area contributed by atoms with Crippen LogP contribution in [0.15, 0.2) is 0 Å². The van der Waals surface area contributed by atoms with E-state index in [0.717, 1.165) is 6.54 Å². The standard InChI is InChI=1S/C14H33NSi/c1-4-7-11-16(14-10-15,12-8-5-2)13-9-6-3/h4-15H2,1-3H3. The van der Waals surface area contributed by atoms with Crippen LogP contribution < -0.4 is 5.73 Å². The molecule has 0 spiro atoms. The fourth-order valence-electron chi connectivity index (χ4n) is 2.71. The van der Waals surface area contributed by atoms with Crippen LogP contribution in [-0.2, 0) is 0 Å². The summed E-state index contributed by atoms with van der Waals surface area (Å²) >= 11 is 0. The molecule has 0 bridgehead atoms. The molecule has 16 heavy (non-hydrogen) atoms. The molecule has 0 unspecified atom stereocenters. The molecule has 0 rings (SSSR count). The van der Waals surface area contributed by atoms with Gasteiger partial charge in [-0.25, -0.2) is 0 Å². The SMILES string of the molecule is CCCC[Si](CCN)(CCCC)CCCC. The summed E-state index contributed by atoms with van der Waals surface area (Å²) in [6.07, 6.45) is 8.41. The number of unbranched alkanes of at least 4 members (excludes halogenated alkanes) is 3. The minimum absolute atomic E-state index is 0.934. The zero-order chi connectivity index (χ0) is 12.3. The van der Waals surface area contributed by atoms with E-state index >= 15 is 0 Å². The molecule has 0 aromatic rings. The van der Waals surface area contributed by atoms with Crippen molar-refractivity contribution in [1.82, 2.24) is 0 Å². The Kier molecular flexibility index (Phi) is 10.5. The van der Waals surface area contributed by atoms with Gasteiger partial charge < -0.3 is 5.73 Å². The first kappa shape index (κ1) is 16.2. The molecule has 0 fully saturated rings. The predicted molar refractivity (Wildman–Crippen MR) is 78.8 cm³/mol. The Morgan fingerprint density at radius 1 is 0.688 bits per heavy atom. The lowest BCUT2D eigenvalue weighted by Gasteiger charge is -2.32. The Morgan fingerprint density at radius 3 is 1.31 bits per heavy atom. The largest absolute Gasteiger partial charge is 0.331 e. The third kappa shape index (κ3) is 6.69. The molecule has 0 aliphatic rings. The quantitative estimate of drug-likeness (QED) is 0.519. The van der Waals surface area contributed by atoms with Gasteiger partial charge in [-0.2, -0.15) is 0 Å². The Labute approximate surface area is 104 Å². The first-order valence-electron chi connectivity index (χ1n) is 7.44. The molecular formula is C14H33NSi. The summed E-state index contributed by atoms with van der Waals surface area (Å²) in [5.41, 5.74) is 5.86. The lowest BCUT2D eigenvalue weighted by Crippen LogP contribution is -2.36. The summed E-state index contributed by atoms with van der Waals surface area (Å²) in [7, 11) is -0.983. The highest BCUT2D eigenvalue weighted by molar-refractivity contribution is 6.79. The van der Waals surface area contributed by atoms with E-state index in [4.69, 9.17) is 5.73 Å². The van der Waals surface area contributed by atoms with E-state index in [9.17, 15) is 0 Å². The number of hydrogen-bond acceptors (Lipinski definition) is 1. The van der Waals surface area contributed by atoms with Gasteiger partial charge >= 0.3 is 0 Å². The second-order valence-electron chi connectivity index (χ2n) is 5.35. The monoisotopic (exact) mass is 243 g/mol. The summed E-state index contributed by atoms with van der Waals surface area (Å²) in [4.78, 5) is 0. The fraction of sp³-hybridized carbons (Fsp3) is 1.00. The maximum atomic E-state index is 5.86. The molecule has 0 aliphatic heterocycles. The molecule has 0 aromatic carbocycles. The number of hydrogen-bond donors (Lipinski definition) is 1. The number of nitrogens with two attached hydrogens (primary N) is 1. The van der Waals surface area contributed by atoms with Gasteiger partial charge in [0.15, 0.2) is 0 Å². The fourth-order valence-corrected chi connectivity index (χ4v) is 8.13. The van der Waals surface area contributed by atoms with Crippen molar-refractivity contribution in [3.63, 3.8) is 0 Å². The van der Waals surface area contributed by atoms with Gasteiger partial charge in [0.05, 0.1) is 8.07 Å². The molecule has 1 nitrogen and oxygen atoms in total. The van der Waals surface area contributed by atoms with Crippen LogP contribution >= 0.6 is 0 Å². The van der Waals surface area contributed by atoms with Gasteiger partial charge in [-0.3, -0.25) is 0 Å². The highest BCUT2D eigenvalue weighted by Gasteiger charge is 2.29. The van der Waals surface area contributed by atoms with Crippen LogP contribution in [0.3, 0.4) is 0 Å². The third-order valence-corrected chi connectivity index (χ3v) is 9.45. The van der Waals surface area contributed by atoms with Gasteiger partial charge in [0.25, 0.3) is 0 Å². The van der Waals surface area contributed by atoms with Crippen LogP contribution in [0.4, 0.5) is 0 Å². The van der Waals surface area contributed by atoms with Gasteiger partial charge in [-0.1, -0.05) is 77.4 Å². The first-order chi connectivity index (χ1) is 7.74. The van der Waals surface area contributed by atoms with Gasteiger partial charge in [-0.15, -0.1) is 0 Å². The maximum Gasteiger partial charge on any atom is 0.0548 e. The Balaban J connectivity index is 4.32. The van der Waals surface area contributed by atoms with E-state index in [-0.39, 0.29) is 0 Å². The van der Waals surface area contributed by atoms with Gasteiger partial charge in [-0.05, 0) is 12.6 Å². The van der Waals surface area contributed by atoms with Gasteiger partial charge in [0.2, 0.25) is 0 Å². The summed E-state index contributed by atoms with van der Waals surface area (Å²) in [6, 6.07) is 6.01. The molecule has 0 aliphatic carbocycles. The van der Waals surface area contributed by atoms with Crippen molar-refractivity contribution in [1.29, 1.82) is 0 Å². The maximum absolute atomic E-state index is 5.86. The predicted octanol–water partition coefficient (Wildman–Crippen LogP) is 4.79.